The van der Waals surface area contributed by atoms with E-state index in [4.69, 9.17) is 4.74 Å². The van der Waals surface area contributed by atoms with Gasteiger partial charge >= 0.3 is 0 Å². The molecule has 1 unspecified atom stereocenters. The number of aromatic nitrogens is 1. The Hall–Kier alpha value is -3.13. The van der Waals surface area contributed by atoms with Crippen LogP contribution in [-0.4, -0.2) is 10.7 Å². The Morgan fingerprint density at radius 3 is 2.78 bits per heavy atom. The highest BCUT2D eigenvalue weighted by atomic mass is 19.1. The number of halogens is 1. The zero-order valence-electron chi connectivity index (χ0n) is 14.8. The Balaban J connectivity index is 1.99. The van der Waals surface area contributed by atoms with E-state index in [9.17, 15) is 14.4 Å². The van der Waals surface area contributed by atoms with E-state index in [2.05, 4.69) is 6.07 Å². The van der Waals surface area contributed by atoms with Crippen LogP contribution in [0.1, 0.15) is 37.1 Å². The third-order valence-electron chi connectivity index (χ3n) is 5.40. The predicted molar refractivity (Wildman–Crippen MR) is 100 cm³/mol. The first kappa shape index (κ1) is 16.1. The summed E-state index contributed by atoms with van der Waals surface area (Å²) in [4.78, 5) is 13.2. The van der Waals surface area contributed by atoms with Crippen LogP contribution in [-0.2, 0) is 6.42 Å². The van der Waals surface area contributed by atoms with Gasteiger partial charge in [0.1, 0.15) is 29.4 Å². The average Bonchev–Trinajstić information content (AvgIpc) is 3.41. The molecule has 1 saturated carbocycles. The number of ether oxygens (including phenoxy) is 1. The lowest BCUT2D eigenvalue weighted by atomic mass is 9.92. The van der Waals surface area contributed by atoms with Gasteiger partial charge in [0.2, 0.25) is 0 Å². The van der Waals surface area contributed by atoms with Gasteiger partial charge in [-0.3, -0.25) is 9.36 Å². The average molecular weight is 360 g/mol. The quantitative estimate of drug-likeness (QED) is 0.683. The molecule has 5 heteroatoms. The first-order valence-corrected chi connectivity index (χ1v) is 9.15. The van der Waals surface area contributed by atoms with Gasteiger partial charge in [-0.15, -0.1) is 0 Å². The van der Waals surface area contributed by atoms with E-state index in [1.165, 1.54) is 12.1 Å². The molecule has 1 aliphatic carbocycles. The molecule has 0 amide bonds. The minimum atomic E-state index is -0.370. The van der Waals surface area contributed by atoms with E-state index in [1.807, 2.05) is 13.0 Å². The van der Waals surface area contributed by atoms with Crippen molar-refractivity contribution in [3.05, 3.63) is 63.8 Å². The first-order valence-electron chi connectivity index (χ1n) is 9.15. The van der Waals surface area contributed by atoms with Crippen molar-refractivity contribution in [2.24, 2.45) is 0 Å². The van der Waals surface area contributed by atoms with E-state index >= 15 is 0 Å². The Kier molecular flexibility index (Phi) is 3.38. The van der Waals surface area contributed by atoms with Crippen molar-refractivity contribution in [2.45, 2.75) is 38.3 Å². The summed E-state index contributed by atoms with van der Waals surface area (Å²) in [5.74, 6) is 0.367. The molecule has 0 spiro atoms. The molecule has 2 heterocycles. The molecule has 3 aromatic rings. The van der Waals surface area contributed by atoms with Gasteiger partial charge in [0.05, 0.1) is 0 Å². The van der Waals surface area contributed by atoms with Crippen LogP contribution in [0, 0.1) is 17.1 Å². The molecule has 2 aliphatic rings. The third kappa shape index (κ3) is 2.37. The standard InChI is InChI=1S/C22H17FN2O2/c1-12-9-17-19(27-12)8-7-16-21(17)20(13-3-2-4-14(23)10-13)18(11-24)25(22(16)26)15-5-6-15/h2-4,7-8,10,12,15H,5-6,9H2,1H3. The Morgan fingerprint density at radius 2 is 2.07 bits per heavy atom. The molecule has 4 nitrogen and oxygen atoms in total. The molecule has 1 aromatic heterocycles. The van der Waals surface area contributed by atoms with Crippen molar-refractivity contribution in [2.75, 3.05) is 0 Å². The van der Waals surface area contributed by atoms with Crippen LogP contribution in [0.15, 0.2) is 41.2 Å². The normalized spacial score (nSPS) is 18.2. The smallest absolute Gasteiger partial charge is 0.259 e. The topological polar surface area (TPSA) is 55.0 Å². The van der Waals surface area contributed by atoms with Crippen molar-refractivity contribution in [3.63, 3.8) is 0 Å². The maximum absolute atomic E-state index is 14.0. The number of pyridine rings is 1. The van der Waals surface area contributed by atoms with Gasteiger partial charge in [0.25, 0.3) is 5.56 Å². The summed E-state index contributed by atoms with van der Waals surface area (Å²) in [6, 6.07) is 12.1. The molecular formula is C22H17FN2O2. The van der Waals surface area contributed by atoms with E-state index in [0.717, 1.165) is 29.5 Å². The van der Waals surface area contributed by atoms with Crippen molar-refractivity contribution >= 4 is 10.8 Å². The third-order valence-corrected chi connectivity index (χ3v) is 5.40. The summed E-state index contributed by atoms with van der Waals surface area (Å²) < 4.78 is 21.5. The first-order chi connectivity index (χ1) is 13.1. The number of hydrogen-bond acceptors (Lipinski definition) is 3. The second-order valence-corrected chi connectivity index (χ2v) is 7.35. The monoisotopic (exact) mass is 360 g/mol. The minimum absolute atomic E-state index is 0.00218. The zero-order valence-corrected chi connectivity index (χ0v) is 14.8. The van der Waals surface area contributed by atoms with Crippen molar-refractivity contribution in [3.8, 4) is 22.9 Å². The van der Waals surface area contributed by atoms with Crippen LogP contribution in [0.2, 0.25) is 0 Å². The summed E-state index contributed by atoms with van der Waals surface area (Å²) in [6.45, 7) is 1.98. The van der Waals surface area contributed by atoms with Gasteiger partial charge in [-0.05, 0) is 49.6 Å². The van der Waals surface area contributed by atoms with E-state index in [-0.39, 0.29) is 23.5 Å². The number of rotatable bonds is 2. The predicted octanol–water partition coefficient (Wildman–Crippen LogP) is 4.34. The fourth-order valence-corrected chi connectivity index (χ4v) is 4.14. The Bertz CT molecular complexity index is 1200. The van der Waals surface area contributed by atoms with Gasteiger partial charge in [0.15, 0.2) is 0 Å². The summed E-state index contributed by atoms with van der Waals surface area (Å²) in [5.41, 5.74) is 2.34. The van der Waals surface area contributed by atoms with E-state index in [1.54, 1.807) is 22.8 Å². The maximum atomic E-state index is 14.0. The Labute approximate surface area is 155 Å². The molecular weight excluding hydrogens is 343 g/mol. The van der Waals surface area contributed by atoms with Crippen molar-refractivity contribution in [1.29, 1.82) is 5.26 Å². The van der Waals surface area contributed by atoms with Gasteiger partial charge in [-0.25, -0.2) is 4.39 Å². The number of nitriles is 1. The Morgan fingerprint density at radius 1 is 1.26 bits per heavy atom. The van der Waals surface area contributed by atoms with Crippen molar-refractivity contribution in [1.82, 2.24) is 4.57 Å². The van der Waals surface area contributed by atoms with Gasteiger partial charge in [-0.1, -0.05) is 12.1 Å². The highest BCUT2D eigenvalue weighted by molar-refractivity contribution is 6.02. The molecule has 5 rings (SSSR count). The lowest BCUT2D eigenvalue weighted by Crippen LogP contribution is -2.23. The summed E-state index contributed by atoms with van der Waals surface area (Å²) >= 11 is 0. The molecule has 2 aromatic carbocycles. The minimum Gasteiger partial charge on any atom is -0.490 e. The van der Waals surface area contributed by atoms with Crippen LogP contribution < -0.4 is 10.3 Å². The number of fused-ring (bicyclic) bond motifs is 3. The SMILES string of the molecule is CC1Cc2c(ccc3c(=O)n(C4CC4)c(C#N)c(-c4cccc(F)c4)c23)O1. The van der Waals surface area contributed by atoms with Gasteiger partial charge in [0, 0.05) is 34.4 Å². The summed E-state index contributed by atoms with van der Waals surface area (Å²) in [5, 5.41) is 11.2. The molecule has 1 fully saturated rings. The fourth-order valence-electron chi connectivity index (χ4n) is 4.14. The summed E-state index contributed by atoms with van der Waals surface area (Å²) in [6.07, 6.45) is 2.43. The lowest BCUT2D eigenvalue weighted by molar-refractivity contribution is 0.254. The molecule has 1 aliphatic heterocycles. The van der Waals surface area contributed by atoms with Crippen molar-refractivity contribution < 1.29 is 9.13 Å². The van der Waals surface area contributed by atoms with Crippen LogP contribution in [0.5, 0.6) is 5.75 Å². The van der Waals surface area contributed by atoms with Crippen LogP contribution in [0.3, 0.4) is 0 Å². The second kappa shape index (κ2) is 5.68. The highest BCUT2D eigenvalue weighted by Gasteiger charge is 2.32. The number of hydrogen-bond donors (Lipinski definition) is 0. The molecule has 1 atom stereocenters. The largest absolute Gasteiger partial charge is 0.490 e. The molecule has 0 radical (unpaired) electrons. The molecule has 0 bridgehead atoms. The molecule has 0 N–H and O–H groups in total. The van der Waals surface area contributed by atoms with E-state index < -0.39 is 0 Å². The number of benzene rings is 2. The van der Waals surface area contributed by atoms with Crippen LogP contribution in [0.25, 0.3) is 21.9 Å². The fraction of sp³-hybridized carbons (Fsp3) is 0.273. The second-order valence-electron chi connectivity index (χ2n) is 7.35. The highest BCUT2D eigenvalue weighted by Crippen LogP contribution is 2.43. The maximum Gasteiger partial charge on any atom is 0.259 e. The number of nitrogens with zero attached hydrogens (tertiary/aromatic N) is 2. The van der Waals surface area contributed by atoms with E-state index in [0.29, 0.717) is 28.6 Å². The van der Waals surface area contributed by atoms with Gasteiger partial charge in [-0.2, -0.15) is 5.26 Å². The zero-order chi connectivity index (χ0) is 18.7. The molecule has 27 heavy (non-hydrogen) atoms. The summed E-state index contributed by atoms with van der Waals surface area (Å²) in [7, 11) is 0. The van der Waals surface area contributed by atoms with Crippen LogP contribution >= 0.6 is 0 Å². The van der Waals surface area contributed by atoms with Gasteiger partial charge < -0.3 is 4.74 Å². The van der Waals surface area contributed by atoms with Crippen LogP contribution in [0.4, 0.5) is 4.39 Å². The molecule has 134 valence electrons. The lowest BCUT2D eigenvalue weighted by Gasteiger charge is -2.17. The molecule has 0 saturated heterocycles.